The van der Waals surface area contributed by atoms with Gasteiger partial charge in [-0.15, -0.1) is 0 Å². The van der Waals surface area contributed by atoms with Crippen LogP contribution in [-0.2, 0) is 13.0 Å². The number of nitrogens with zero attached hydrogens (tertiary/aromatic N) is 1. The number of rotatable bonds is 6. The van der Waals surface area contributed by atoms with Gasteiger partial charge in [-0.3, -0.25) is 4.79 Å². The van der Waals surface area contributed by atoms with E-state index in [4.69, 9.17) is 4.74 Å². The van der Waals surface area contributed by atoms with Gasteiger partial charge in [0.05, 0.1) is 12.7 Å². The summed E-state index contributed by atoms with van der Waals surface area (Å²) in [5.74, 6) is 0.547. The molecule has 1 aliphatic rings. The zero-order chi connectivity index (χ0) is 24.1. The Hall–Kier alpha value is -4.00. The minimum atomic E-state index is -0.389. The Labute approximate surface area is 200 Å². The molecule has 0 atom stereocenters. The summed E-state index contributed by atoms with van der Waals surface area (Å²) in [5, 5.41) is 8.61. The zero-order valence-electron chi connectivity index (χ0n) is 19.7. The molecule has 0 radical (unpaired) electrons. The molecular formula is C27H30N4O3. The van der Waals surface area contributed by atoms with Gasteiger partial charge in [0, 0.05) is 36.2 Å². The number of benzene rings is 3. The molecular weight excluding hydrogens is 428 g/mol. The molecule has 7 heteroatoms. The molecule has 4 rings (SSSR count). The van der Waals surface area contributed by atoms with Gasteiger partial charge in [-0.2, -0.15) is 0 Å². The maximum atomic E-state index is 13.1. The number of carbonyl (C=O) groups excluding carboxylic acids is 2. The van der Waals surface area contributed by atoms with Gasteiger partial charge in [0.1, 0.15) is 5.75 Å². The van der Waals surface area contributed by atoms with Gasteiger partial charge in [-0.1, -0.05) is 24.3 Å². The molecule has 7 nitrogen and oxygen atoms in total. The first kappa shape index (κ1) is 23.2. The summed E-state index contributed by atoms with van der Waals surface area (Å²) in [4.78, 5) is 27.9. The van der Waals surface area contributed by atoms with Crippen molar-refractivity contribution in [1.29, 1.82) is 0 Å². The number of amides is 3. The molecule has 0 unspecified atom stereocenters. The van der Waals surface area contributed by atoms with Crippen molar-refractivity contribution in [2.24, 2.45) is 0 Å². The summed E-state index contributed by atoms with van der Waals surface area (Å²) >= 11 is 0. The van der Waals surface area contributed by atoms with E-state index < -0.39 is 0 Å². The molecule has 3 amide bonds. The normalized spacial score (nSPS) is 12.6. The molecule has 0 saturated carbocycles. The third kappa shape index (κ3) is 5.49. The average Bonchev–Trinajstić information content (AvgIpc) is 2.83. The van der Waals surface area contributed by atoms with Crippen molar-refractivity contribution in [3.8, 4) is 5.75 Å². The molecule has 0 saturated heterocycles. The number of urea groups is 1. The number of anilines is 3. The van der Waals surface area contributed by atoms with Crippen LogP contribution in [0.5, 0.6) is 5.75 Å². The van der Waals surface area contributed by atoms with Crippen molar-refractivity contribution in [1.82, 2.24) is 5.32 Å². The molecule has 3 aromatic carbocycles. The van der Waals surface area contributed by atoms with E-state index in [9.17, 15) is 9.59 Å². The van der Waals surface area contributed by atoms with Crippen LogP contribution in [0.25, 0.3) is 0 Å². The van der Waals surface area contributed by atoms with Crippen LogP contribution in [0.3, 0.4) is 0 Å². The minimum Gasteiger partial charge on any atom is -0.497 e. The Bertz CT molecular complexity index is 1170. The van der Waals surface area contributed by atoms with Crippen molar-refractivity contribution in [3.63, 3.8) is 0 Å². The molecule has 176 valence electrons. The summed E-state index contributed by atoms with van der Waals surface area (Å²) in [7, 11) is 1.59. The number of fused-ring (bicyclic) bond motifs is 1. The highest BCUT2D eigenvalue weighted by molar-refractivity contribution is 6.04. The highest BCUT2D eigenvalue weighted by Gasteiger charge is 2.22. The van der Waals surface area contributed by atoms with Crippen molar-refractivity contribution in [2.75, 3.05) is 29.2 Å². The van der Waals surface area contributed by atoms with Crippen LogP contribution in [0.1, 0.15) is 35.3 Å². The summed E-state index contributed by atoms with van der Waals surface area (Å²) in [6.07, 6.45) is 0.922. The van der Waals surface area contributed by atoms with E-state index in [0.29, 0.717) is 22.7 Å². The summed E-state index contributed by atoms with van der Waals surface area (Å²) in [6, 6.07) is 20.6. The Morgan fingerprint density at radius 1 is 0.912 bits per heavy atom. The van der Waals surface area contributed by atoms with E-state index >= 15 is 0 Å². The smallest absolute Gasteiger partial charge is 0.323 e. The van der Waals surface area contributed by atoms with Gasteiger partial charge in [0.25, 0.3) is 5.91 Å². The summed E-state index contributed by atoms with van der Waals surface area (Å²) in [6.45, 7) is 5.42. The van der Waals surface area contributed by atoms with Gasteiger partial charge in [-0.05, 0) is 73.9 Å². The maximum absolute atomic E-state index is 13.1. The Morgan fingerprint density at radius 2 is 1.59 bits per heavy atom. The third-order valence-electron chi connectivity index (χ3n) is 5.74. The lowest BCUT2D eigenvalue weighted by Gasteiger charge is -2.32. The van der Waals surface area contributed by atoms with E-state index in [2.05, 4.69) is 39.0 Å². The minimum absolute atomic E-state index is 0.00239. The quantitative estimate of drug-likeness (QED) is 0.483. The van der Waals surface area contributed by atoms with E-state index in [1.54, 1.807) is 37.4 Å². The number of hydrogen-bond acceptors (Lipinski definition) is 4. The number of nitrogens with one attached hydrogen (secondary N) is 3. The monoisotopic (exact) mass is 458 g/mol. The molecule has 0 fully saturated rings. The molecule has 34 heavy (non-hydrogen) atoms. The largest absolute Gasteiger partial charge is 0.497 e. The van der Waals surface area contributed by atoms with Crippen LogP contribution in [0.2, 0.25) is 0 Å². The first-order valence-electron chi connectivity index (χ1n) is 11.4. The van der Waals surface area contributed by atoms with E-state index in [0.717, 1.165) is 25.2 Å². The fourth-order valence-electron chi connectivity index (χ4n) is 4.08. The number of methoxy groups -OCH3 is 1. The Kier molecular flexibility index (Phi) is 7.01. The first-order valence-corrected chi connectivity index (χ1v) is 11.4. The summed E-state index contributed by atoms with van der Waals surface area (Å²) < 4.78 is 5.14. The topological polar surface area (TPSA) is 82.7 Å². The number of ether oxygens (including phenoxy) is 1. The molecule has 0 aliphatic carbocycles. The van der Waals surface area contributed by atoms with Gasteiger partial charge in [0.15, 0.2) is 0 Å². The van der Waals surface area contributed by atoms with Gasteiger partial charge in [-0.25, -0.2) is 4.79 Å². The Morgan fingerprint density at radius 3 is 2.29 bits per heavy atom. The van der Waals surface area contributed by atoms with Crippen LogP contribution in [0.15, 0.2) is 66.7 Å². The highest BCUT2D eigenvalue weighted by Crippen LogP contribution is 2.30. The predicted molar refractivity (Wildman–Crippen MR) is 136 cm³/mol. The van der Waals surface area contributed by atoms with Crippen molar-refractivity contribution in [2.45, 2.75) is 32.9 Å². The number of hydrogen-bond donors (Lipinski definition) is 3. The standard InChI is InChI=1S/C27H30N4O3/c1-18(2)28-26(32)24-16-22(30-27(33)29-21-8-11-23(34-3)12-9-21)10-13-25(24)31-15-14-19-6-4-5-7-20(19)17-31/h4-13,16,18H,14-15,17H2,1-3H3,(H,28,32)(H2,29,30,33). The summed E-state index contributed by atoms with van der Waals surface area (Å²) in [5.41, 5.74) is 5.19. The van der Waals surface area contributed by atoms with Crippen LogP contribution in [0, 0.1) is 0 Å². The second kappa shape index (κ2) is 10.3. The second-order valence-electron chi connectivity index (χ2n) is 8.61. The van der Waals surface area contributed by atoms with Crippen molar-refractivity contribution >= 4 is 29.0 Å². The lowest BCUT2D eigenvalue weighted by atomic mass is 9.98. The molecule has 0 aromatic heterocycles. The molecule has 0 bridgehead atoms. The van der Waals surface area contributed by atoms with E-state index in [-0.39, 0.29) is 18.0 Å². The maximum Gasteiger partial charge on any atom is 0.323 e. The average molecular weight is 459 g/mol. The molecule has 3 aromatic rings. The zero-order valence-corrected chi connectivity index (χ0v) is 19.7. The van der Waals surface area contributed by atoms with Crippen LogP contribution in [-0.4, -0.2) is 31.6 Å². The van der Waals surface area contributed by atoms with Gasteiger partial charge in [0.2, 0.25) is 0 Å². The van der Waals surface area contributed by atoms with Gasteiger partial charge < -0.3 is 25.6 Å². The van der Waals surface area contributed by atoms with Crippen LogP contribution >= 0.6 is 0 Å². The SMILES string of the molecule is COc1ccc(NC(=O)Nc2ccc(N3CCc4ccccc4C3)c(C(=O)NC(C)C)c2)cc1. The Balaban J connectivity index is 1.55. The molecule has 0 spiro atoms. The predicted octanol–water partition coefficient (Wildman–Crippen LogP) is 5.04. The van der Waals surface area contributed by atoms with E-state index in [1.165, 1.54) is 11.1 Å². The van der Waals surface area contributed by atoms with E-state index in [1.807, 2.05) is 32.0 Å². The lowest BCUT2D eigenvalue weighted by Crippen LogP contribution is -2.35. The number of carbonyl (C=O) groups is 2. The van der Waals surface area contributed by atoms with Crippen LogP contribution in [0.4, 0.5) is 21.9 Å². The molecule has 1 aliphatic heterocycles. The highest BCUT2D eigenvalue weighted by atomic mass is 16.5. The fraction of sp³-hybridized carbons (Fsp3) is 0.259. The van der Waals surface area contributed by atoms with Crippen molar-refractivity contribution < 1.29 is 14.3 Å². The molecule has 3 N–H and O–H groups in total. The van der Waals surface area contributed by atoms with Gasteiger partial charge >= 0.3 is 6.03 Å². The second-order valence-corrected chi connectivity index (χ2v) is 8.61. The fourth-order valence-corrected chi connectivity index (χ4v) is 4.08. The third-order valence-corrected chi connectivity index (χ3v) is 5.74. The lowest BCUT2D eigenvalue weighted by molar-refractivity contribution is 0.0943. The van der Waals surface area contributed by atoms with Crippen LogP contribution < -0.4 is 25.6 Å². The van der Waals surface area contributed by atoms with Crippen molar-refractivity contribution in [3.05, 3.63) is 83.4 Å². The first-order chi connectivity index (χ1) is 16.4. The molecule has 1 heterocycles.